The summed E-state index contributed by atoms with van der Waals surface area (Å²) in [5.74, 6) is -0.321. The third-order valence-corrected chi connectivity index (χ3v) is 4.62. The minimum atomic E-state index is -1.55. The van der Waals surface area contributed by atoms with E-state index in [1.54, 1.807) is 12.1 Å². The summed E-state index contributed by atoms with van der Waals surface area (Å²) in [6.07, 6.45) is 0.148. The van der Waals surface area contributed by atoms with Crippen LogP contribution in [0.2, 0.25) is 0 Å². The maximum atomic E-state index is 12.5. The molecule has 0 spiro atoms. The molecule has 22 heavy (non-hydrogen) atoms. The normalized spacial score (nSPS) is 13.0. The van der Waals surface area contributed by atoms with Gasteiger partial charge < -0.3 is 0 Å². The molecule has 1 atom stereocenters. The zero-order valence-corrected chi connectivity index (χ0v) is 14.7. The number of carbonyl (C=O) groups is 1. The molecule has 2 aromatic carbocycles. The summed E-state index contributed by atoms with van der Waals surface area (Å²) in [4.78, 5) is 12.5. The molecule has 0 N–H and O–H groups in total. The van der Waals surface area contributed by atoms with Crippen LogP contribution in [0.3, 0.4) is 0 Å². The summed E-state index contributed by atoms with van der Waals surface area (Å²) in [6, 6.07) is 15.0. The Morgan fingerprint density at radius 1 is 1.09 bits per heavy atom. The number of rotatable bonds is 5. The molecular weight excluding hydrogens is 339 g/mol. The van der Waals surface area contributed by atoms with Gasteiger partial charge in [-0.1, -0.05) is 71.2 Å². The van der Waals surface area contributed by atoms with Crippen LogP contribution in [0.4, 0.5) is 0 Å². The summed E-state index contributed by atoms with van der Waals surface area (Å²) in [6.45, 7) is 3.88. The average molecular weight is 356 g/mol. The lowest BCUT2D eigenvalue weighted by Crippen LogP contribution is -2.27. The van der Waals surface area contributed by atoms with Gasteiger partial charge in [-0.2, -0.15) is 0 Å². The number of Topliss-reactive ketones (excluding diaryl/α,β-unsaturated/α-hetero) is 1. The van der Waals surface area contributed by atoms with E-state index < -0.39 is 9.71 Å². The van der Waals surface area contributed by atoms with Gasteiger partial charge in [0.15, 0.2) is 10.1 Å². The molecule has 0 radical (unpaired) electrons. The number of hydrogen-bond acceptors (Lipinski definition) is 1. The van der Waals surface area contributed by atoms with E-state index >= 15 is 0 Å². The highest BCUT2D eigenvalue weighted by molar-refractivity contribution is 6.60. The van der Waals surface area contributed by atoms with Crippen molar-refractivity contribution in [1.82, 2.24) is 0 Å². The van der Waals surface area contributed by atoms with Crippen molar-refractivity contribution in [2.24, 2.45) is 0 Å². The van der Waals surface area contributed by atoms with Crippen LogP contribution in [0.25, 0.3) is 0 Å². The number of ketones is 1. The third-order valence-electron chi connectivity index (χ3n) is 3.57. The van der Waals surface area contributed by atoms with Crippen molar-refractivity contribution in [3.8, 4) is 0 Å². The van der Waals surface area contributed by atoms with Gasteiger partial charge in [-0.3, -0.25) is 4.79 Å². The SMILES string of the molecule is Cc1cccc(C(=O)C(Cl)(Cl)CC(Cl)c2ccccc2C)c1. The molecule has 0 amide bonds. The molecule has 0 aliphatic rings. The van der Waals surface area contributed by atoms with Crippen molar-refractivity contribution >= 4 is 40.6 Å². The Morgan fingerprint density at radius 2 is 1.77 bits per heavy atom. The molecule has 0 bridgehead atoms. The first-order valence-electron chi connectivity index (χ1n) is 7.00. The summed E-state index contributed by atoms with van der Waals surface area (Å²) in [5, 5.41) is -0.426. The van der Waals surface area contributed by atoms with Crippen molar-refractivity contribution in [3.63, 3.8) is 0 Å². The second kappa shape index (κ2) is 7.04. The Hall–Kier alpha value is -1.02. The molecule has 2 rings (SSSR count). The molecule has 0 aliphatic heterocycles. The van der Waals surface area contributed by atoms with Crippen LogP contribution in [0, 0.1) is 13.8 Å². The Bertz CT molecular complexity index is 680. The number of hydrogen-bond donors (Lipinski definition) is 0. The smallest absolute Gasteiger partial charge is 0.198 e. The van der Waals surface area contributed by atoms with Crippen LogP contribution < -0.4 is 0 Å². The molecule has 0 saturated carbocycles. The average Bonchev–Trinajstić information content (AvgIpc) is 2.46. The Balaban J connectivity index is 2.20. The summed E-state index contributed by atoms with van der Waals surface area (Å²) < 4.78 is -1.55. The number of aryl methyl sites for hydroxylation is 2. The van der Waals surface area contributed by atoms with E-state index in [1.807, 2.05) is 50.2 Å². The number of halogens is 3. The van der Waals surface area contributed by atoms with Crippen LogP contribution >= 0.6 is 34.8 Å². The summed E-state index contributed by atoms with van der Waals surface area (Å²) in [7, 11) is 0. The molecule has 4 heteroatoms. The lowest BCUT2D eigenvalue weighted by Gasteiger charge is -2.22. The Kier molecular flexibility index (Phi) is 5.55. The summed E-state index contributed by atoms with van der Waals surface area (Å²) in [5.41, 5.74) is 3.47. The monoisotopic (exact) mass is 354 g/mol. The molecule has 1 unspecified atom stereocenters. The van der Waals surface area contributed by atoms with Gasteiger partial charge in [-0.25, -0.2) is 0 Å². The highest BCUT2D eigenvalue weighted by Gasteiger charge is 2.37. The second-order valence-corrected chi connectivity index (χ2v) is 7.44. The number of alkyl halides is 3. The molecule has 0 heterocycles. The predicted octanol–water partition coefficient (Wildman–Crippen LogP) is 6.03. The second-order valence-electron chi connectivity index (χ2n) is 5.43. The standard InChI is InChI=1S/C18H17Cl3O/c1-12-6-5-8-14(10-12)17(22)18(20,21)11-16(19)15-9-4-3-7-13(15)2/h3-10,16H,11H2,1-2H3. The minimum absolute atomic E-state index is 0.148. The summed E-state index contributed by atoms with van der Waals surface area (Å²) >= 11 is 19.0. The maximum Gasteiger partial charge on any atom is 0.198 e. The fourth-order valence-electron chi connectivity index (χ4n) is 2.36. The van der Waals surface area contributed by atoms with E-state index in [4.69, 9.17) is 34.8 Å². The van der Waals surface area contributed by atoms with E-state index in [1.165, 1.54) is 0 Å². The van der Waals surface area contributed by atoms with E-state index in [2.05, 4.69) is 0 Å². The van der Waals surface area contributed by atoms with Crippen LogP contribution in [-0.2, 0) is 0 Å². The van der Waals surface area contributed by atoms with E-state index in [0.29, 0.717) is 5.56 Å². The molecule has 0 saturated heterocycles. The van der Waals surface area contributed by atoms with Gasteiger partial charge >= 0.3 is 0 Å². The minimum Gasteiger partial charge on any atom is -0.291 e. The van der Waals surface area contributed by atoms with Gasteiger partial charge in [0, 0.05) is 12.0 Å². The molecule has 0 fully saturated rings. The van der Waals surface area contributed by atoms with Crippen molar-refractivity contribution in [2.75, 3.05) is 0 Å². The molecule has 116 valence electrons. The van der Waals surface area contributed by atoms with E-state index in [9.17, 15) is 4.79 Å². The highest BCUT2D eigenvalue weighted by atomic mass is 35.5. The largest absolute Gasteiger partial charge is 0.291 e. The van der Waals surface area contributed by atoms with Crippen molar-refractivity contribution in [2.45, 2.75) is 30.0 Å². The van der Waals surface area contributed by atoms with Gasteiger partial charge in [0.25, 0.3) is 0 Å². The van der Waals surface area contributed by atoms with Crippen molar-refractivity contribution < 1.29 is 4.79 Å². The lowest BCUT2D eigenvalue weighted by molar-refractivity contribution is 0.0968. The van der Waals surface area contributed by atoms with Crippen LogP contribution in [-0.4, -0.2) is 10.1 Å². The first-order chi connectivity index (χ1) is 10.3. The van der Waals surface area contributed by atoms with Crippen molar-refractivity contribution in [3.05, 3.63) is 70.8 Å². The van der Waals surface area contributed by atoms with Crippen LogP contribution in [0.5, 0.6) is 0 Å². The first-order valence-corrected chi connectivity index (χ1v) is 8.19. The van der Waals surface area contributed by atoms with Gasteiger partial charge in [-0.05, 0) is 31.0 Å². The van der Waals surface area contributed by atoms with Gasteiger partial charge in [0.1, 0.15) is 0 Å². The van der Waals surface area contributed by atoms with Crippen LogP contribution in [0.15, 0.2) is 48.5 Å². The van der Waals surface area contributed by atoms with Crippen LogP contribution in [0.1, 0.15) is 38.8 Å². The number of carbonyl (C=O) groups excluding carboxylic acids is 1. The number of benzene rings is 2. The molecule has 0 aromatic heterocycles. The predicted molar refractivity (Wildman–Crippen MR) is 94.3 cm³/mol. The molecule has 1 nitrogen and oxygen atoms in total. The topological polar surface area (TPSA) is 17.1 Å². The van der Waals surface area contributed by atoms with Gasteiger partial charge in [-0.15, -0.1) is 11.6 Å². The zero-order chi connectivity index (χ0) is 16.3. The Morgan fingerprint density at radius 3 is 2.41 bits per heavy atom. The van der Waals surface area contributed by atoms with Gasteiger partial charge in [0.05, 0.1) is 5.38 Å². The van der Waals surface area contributed by atoms with E-state index in [0.717, 1.165) is 16.7 Å². The quantitative estimate of drug-likeness (QED) is 0.472. The van der Waals surface area contributed by atoms with Gasteiger partial charge in [0.2, 0.25) is 0 Å². The fourth-order valence-corrected chi connectivity index (χ4v) is 3.52. The Labute approximate surface area is 146 Å². The molecule has 0 aliphatic carbocycles. The first kappa shape index (κ1) is 17.3. The zero-order valence-electron chi connectivity index (χ0n) is 12.4. The van der Waals surface area contributed by atoms with Crippen molar-refractivity contribution in [1.29, 1.82) is 0 Å². The lowest BCUT2D eigenvalue weighted by atomic mass is 9.98. The molecule has 2 aromatic rings. The van der Waals surface area contributed by atoms with E-state index in [-0.39, 0.29) is 12.2 Å². The molecular formula is C18H17Cl3O. The highest BCUT2D eigenvalue weighted by Crippen LogP contribution is 2.39. The third kappa shape index (κ3) is 4.04. The maximum absolute atomic E-state index is 12.5. The fraction of sp³-hybridized carbons (Fsp3) is 0.278.